The summed E-state index contributed by atoms with van der Waals surface area (Å²) in [6.07, 6.45) is 3.75. The van der Waals surface area contributed by atoms with Crippen molar-refractivity contribution in [3.63, 3.8) is 0 Å². The summed E-state index contributed by atoms with van der Waals surface area (Å²) in [6, 6.07) is 18.3. The first-order valence-electron chi connectivity index (χ1n) is 10.7. The molecule has 6 nitrogen and oxygen atoms in total. The predicted octanol–water partition coefficient (Wildman–Crippen LogP) is 3.65. The lowest BCUT2D eigenvalue weighted by molar-refractivity contribution is 0.0947. The molecule has 3 atom stereocenters. The smallest absolute Gasteiger partial charge is 0.338 e. The fourth-order valence-corrected chi connectivity index (χ4v) is 4.68. The molecule has 1 heterocycles. The number of carbonyl (C=O) groups excluding carboxylic acids is 1. The Bertz CT molecular complexity index is 1290. The highest BCUT2D eigenvalue weighted by Gasteiger charge is 2.37. The molecule has 1 aromatic heterocycles. The Morgan fingerprint density at radius 2 is 1.53 bits per heavy atom. The molecule has 0 N–H and O–H groups in total. The molecule has 164 valence electrons. The molecule has 0 spiro atoms. The van der Waals surface area contributed by atoms with E-state index in [4.69, 9.17) is 0 Å². The number of aromatic nitrogens is 2. The minimum Gasteiger partial charge on any atom is -0.368 e. The van der Waals surface area contributed by atoms with Crippen molar-refractivity contribution in [2.75, 3.05) is 11.9 Å². The summed E-state index contributed by atoms with van der Waals surface area (Å²) < 4.78 is 2.31. The maximum atomic E-state index is 13.4. The van der Waals surface area contributed by atoms with Crippen LogP contribution in [-0.2, 0) is 0 Å². The number of likely N-dealkylation sites (N-methyl/N-ethyl adjacent to an activating group) is 1. The van der Waals surface area contributed by atoms with Gasteiger partial charge in [-0.25, -0.2) is 4.79 Å². The van der Waals surface area contributed by atoms with Gasteiger partial charge in [0.05, 0.1) is 12.1 Å². The van der Waals surface area contributed by atoms with E-state index in [9.17, 15) is 14.4 Å². The standard InChI is InChI=1S/C26H27N3O3/c1-17-15-22(27(4)21-13-9-6-10-14-21)19(3)23(17)28-16-18(2)24(30)29(26(28)32)25(31)20-11-7-5-8-12-20/h5-16,19,22-23H,1-4H3/t19-,22+,23+/m0/s1. The molecule has 4 rings (SSSR count). The number of carbonyl (C=O) groups is 1. The van der Waals surface area contributed by atoms with Crippen molar-refractivity contribution in [1.29, 1.82) is 0 Å². The molecule has 0 saturated heterocycles. The van der Waals surface area contributed by atoms with Crippen LogP contribution in [0.2, 0.25) is 0 Å². The lowest BCUT2D eigenvalue weighted by atomic mass is 9.97. The van der Waals surface area contributed by atoms with Gasteiger partial charge >= 0.3 is 5.69 Å². The third kappa shape index (κ3) is 3.62. The van der Waals surface area contributed by atoms with Gasteiger partial charge in [-0.3, -0.25) is 14.2 Å². The Morgan fingerprint density at radius 3 is 2.16 bits per heavy atom. The second-order valence-electron chi connectivity index (χ2n) is 8.47. The molecule has 3 aromatic rings. The summed E-state index contributed by atoms with van der Waals surface area (Å²) in [7, 11) is 2.04. The van der Waals surface area contributed by atoms with Crippen molar-refractivity contribution in [2.45, 2.75) is 32.9 Å². The molecule has 32 heavy (non-hydrogen) atoms. The van der Waals surface area contributed by atoms with Crippen molar-refractivity contribution >= 4 is 11.6 Å². The number of nitrogens with zero attached hydrogens (tertiary/aromatic N) is 3. The zero-order chi connectivity index (χ0) is 23.0. The molecule has 0 fully saturated rings. The molecule has 1 aliphatic rings. The molecular weight excluding hydrogens is 402 g/mol. The van der Waals surface area contributed by atoms with Gasteiger partial charge in [-0.1, -0.05) is 55.0 Å². The molecule has 2 aromatic carbocycles. The van der Waals surface area contributed by atoms with Gasteiger partial charge < -0.3 is 4.90 Å². The third-order valence-corrected chi connectivity index (χ3v) is 6.36. The highest BCUT2D eigenvalue weighted by atomic mass is 16.2. The monoisotopic (exact) mass is 429 g/mol. The minimum absolute atomic E-state index is 0.0510. The van der Waals surface area contributed by atoms with Crippen LogP contribution >= 0.6 is 0 Å². The van der Waals surface area contributed by atoms with Gasteiger partial charge in [0, 0.05) is 36.0 Å². The molecule has 0 saturated carbocycles. The van der Waals surface area contributed by atoms with Gasteiger partial charge in [-0.15, -0.1) is 0 Å². The number of aryl methyl sites for hydroxylation is 1. The van der Waals surface area contributed by atoms with E-state index in [-0.39, 0.29) is 18.0 Å². The van der Waals surface area contributed by atoms with Crippen LogP contribution in [0.5, 0.6) is 0 Å². The number of para-hydroxylation sites is 1. The fourth-order valence-electron chi connectivity index (χ4n) is 4.68. The topological polar surface area (TPSA) is 64.3 Å². The van der Waals surface area contributed by atoms with Crippen LogP contribution in [-0.4, -0.2) is 28.1 Å². The second-order valence-corrected chi connectivity index (χ2v) is 8.47. The van der Waals surface area contributed by atoms with Crippen LogP contribution in [0.4, 0.5) is 5.69 Å². The number of rotatable bonds is 4. The summed E-state index contributed by atoms with van der Waals surface area (Å²) in [5.41, 5.74) is 1.59. The maximum absolute atomic E-state index is 13.4. The van der Waals surface area contributed by atoms with Crippen molar-refractivity contribution < 1.29 is 4.79 Å². The van der Waals surface area contributed by atoms with E-state index >= 15 is 0 Å². The summed E-state index contributed by atoms with van der Waals surface area (Å²) in [5.74, 6) is -0.557. The quantitative estimate of drug-likeness (QED) is 0.594. The first-order valence-corrected chi connectivity index (χ1v) is 10.7. The number of benzene rings is 2. The second kappa shape index (κ2) is 8.46. The van der Waals surface area contributed by atoms with Crippen LogP contribution < -0.4 is 16.1 Å². The molecule has 0 radical (unpaired) electrons. The van der Waals surface area contributed by atoms with Crippen molar-refractivity contribution in [1.82, 2.24) is 9.13 Å². The maximum Gasteiger partial charge on any atom is 0.338 e. The number of anilines is 1. The number of hydrogen-bond donors (Lipinski definition) is 0. The Labute approximate surface area is 187 Å². The molecule has 6 heteroatoms. The van der Waals surface area contributed by atoms with Crippen molar-refractivity contribution in [3.8, 4) is 0 Å². The lowest BCUT2D eigenvalue weighted by Gasteiger charge is -2.32. The average molecular weight is 430 g/mol. The Balaban J connectivity index is 1.77. The fraction of sp³-hybridized carbons (Fsp3) is 0.269. The molecule has 0 amide bonds. The van der Waals surface area contributed by atoms with Crippen LogP contribution in [0.25, 0.3) is 0 Å². The van der Waals surface area contributed by atoms with Gasteiger partial charge in [-0.05, 0) is 38.1 Å². The van der Waals surface area contributed by atoms with E-state index in [0.29, 0.717) is 11.1 Å². The van der Waals surface area contributed by atoms with E-state index in [1.54, 1.807) is 48.0 Å². The van der Waals surface area contributed by atoms with E-state index < -0.39 is 17.2 Å². The van der Waals surface area contributed by atoms with Gasteiger partial charge in [0.1, 0.15) is 0 Å². The van der Waals surface area contributed by atoms with E-state index in [1.165, 1.54) is 0 Å². The van der Waals surface area contributed by atoms with Crippen LogP contribution in [0.3, 0.4) is 0 Å². The van der Waals surface area contributed by atoms with Gasteiger partial charge in [0.15, 0.2) is 0 Å². The van der Waals surface area contributed by atoms with Crippen molar-refractivity contribution in [2.24, 2.45) is 5.92 Å². The molecular formula is C26H27N3O3. The van der Waals surface area contributed by atoms with Gasteiger partial charge in [0.2, 0.25) is 0 Å². The SMILES string of the molecule is CC1=C[C@@H](N(C)c2ccccc2)[C@H](C)[C@@H]1n1cc(C)c(=O)n(C(=O)c2ccccc2)c1=O. The van der Waals surface area contributed by atoms with E-state index in [2.05, 4.69) is 30.0 Å². The molecule has 0 bridgehead atoms. The Kier molecular flexibility index (Phi) is 5.70. The van der Waals surface area contributed by atoms with E-state index in [0.717, 1.165) is 15.8 Å². The number of allylic oxidation sites excluding steroid dienone is 1. The van der Waals surface area contributed by atoms with Crippen LogP contribution in [0.1, 0.15) is 35.8 Å². The third-order valence-electron chi connectivity index (χ3n) is 6.36. The van der Waals surface area contributed by atoms with Crippen LogP contribution in [0.15, 0.2) is 88.1 Å². The zero-order valence-electron chi connectivity index (χ0n) is 18.7. The highest BCUT2D eigenvalue weighted by Crippen LogP contribution is 2.38. The summed E-state index contributed by atoms with van der Waals surface area (Å²) in [5, 5.41) is 0. The van der Waals surface area contributed by atoms with Gasteiger partial charge in [0.25, 0.3) is 11.5 Å². The van der Waals surface area contributed by atoms with E-state index in [1.807, 2.05) is 32.2 Å². The van der Waals surface area contributed by atoms with Crippen LogP contribution in [0, 0.1) is 12.8 Å². The summed E-state index contributed by atoms with van der Waals surface area (Å²) in [6.45, 7) is 5.73. The predicted molar refractivity (Wildman–Crippen MR) is 126 cm³/mol. The first kappa shape index (κ1) is 21.6. The summed E-state index contributed by atoms with van der Waals surface area (Å²) in [4.78, 5) is 41.5. The minimum atomic E-state index is -0.609. The Hall–Kier alpha value is -3.67. The Morgan fingerprint density at radius 1 is 0.938 bits per heavy atom. The molecule has 1 aliphatic carbocycles. The molecule has 0 unspecified atom stereocenters. The first-order chi connectivity index (χ1) is 15.3. The normalized spacial score (nSPS) is 20.1. The molecule has 0 aliphatic heterocycles. The summed E-state index contributed by atoms with van der Waals surface area (Å²) >= 11 is 0. The lowest BCUT2D eigenvalue weighted by Crippen LogP contribution is -2.47. The van der Waals surface area contributed by atoms with Crippen molar-refractivity contribution in [3.05, 3.63) is 110 Å². The van der Waals surface area contributed by atoms with Gasteiger partial charge in [-0.2, -0.15) is 4.57 Å². The zero-order valence-corrected chi connectivity index (χ0v) is 18.7. The average Bonchev–Trinajstić information content (AvgIpc) is 3.10. The largest absolute Gasteiger partial charge is 0.368 e. The highest BCUT2D eigenvalue weighted by molar-refractivity contribution is 5.95. The number of hydrogen-bond acceptors (Lipinski definition) is 4.